The second-order valence-electron chi connectivity index (χ2n) is 2.93. The molecule has 0 aliphatic carbocycles. The number of halogens is 1. The van der Waals surface area contributed by atoms with Gasteiger partial charge in [0.2, 0.25) is 0 Å². The third-order valence-electron chi connectivity index (χ3n) is 1.68. The number of aliphatic hydroxyl groups excluding tert-OH is 1. The number of hydrogen-bond acceptors (Lipinski definition) is 5. The van der Waals surface area contributed by atoms with Gasteiger partial charge in [0.25, 0.3) is 0 Å². The van der Waals surface area contributed by atoms with Crippen LogP contribution in [0.15, 0.2) is 9.78 Å². The van der Waals surface area contributed by atoms with Crippen molar-refractivity contribution in [1.29, 1.82) is 5.41 Å². The van der Waals surface area contributed by atoms with Crippen molar-refractivity contribution in [2.75, 3.05) is 19.8 Å². The maximum Gasteiger partial charge on any atom is 0.185 e. The Morgan fingerprint density at radius 1 is 1.44 bits per heavy atom. The van der Waals surface area contributed by atoms with Gasteiger partial charge in [-0.25, -0.2) is 0 Å². The topological polar surface area (TPSA) is 74.6 Å². The first-order chi connectivity index (χ1) is 7.65. The molecule has 1 unspecified atom stereocenters. The van der Waals surface area contributed by atoms with Crippen LogP contribution in [-0.4, -0.2) is 43.5 Å². The van der Waals surface area contributed by atoms with E-state index in [4.69, 9.17) is 14.9 Å². The molecule has 6 heteroatoms. The minimum atomic E-state index is -0.730. The van der Waals surface area contributed by atoms with Crippen LogP contribution in [0, 0.1) is 5.41 Å². The molecule has 0 saturated carbocycles. The maximum absolute atomic E-state index is 9.76. The lowest BCUT2D eigenvalue weighted by atomic mass is 10.3. The highest BCUT2D eigenvalue weighted by Gasteiger charge is 2.18. The molecule has 0 aromatic heterocycles. The van der Waals surface area contributed by atoms with E-state index in [1.54, 1.807) is 6.20 Å². The molecule has 3 N–H and O–H groups in total. The number of rotatable bonds is 9. The van der Waals surface area contributed by atoms with Crippen LogP contribution in [0.2, 0.25) is 0 Å². The van der Waals surface area contributed by atoms with E-state index < -0.39 is 12.4 Å². The first kappa shape index (κ1) is 15.8. The highest BCUT2D eigenvalue weighted by atomic mass is 127. The van der Waals surface area contributed by atoms with Crippen LogP contribution in [0.25, 0.3) is 0 Å². The molecule has 0 heterocycles. The highest BCUT2D eigenvalue weighted by molar-refractivity contribution is 14.1. The SMILES string of the molecule is CCOC(OCC)C(O)CN/C=C(/I)C=N. The summed E-state index contributed by atoms with van der Waals surface area (Å²) in [7, 11) is 0. The molecular weight excluding hydrogens is 323 g/mol. The van der Waals surface area contributed by atoms with Gasteiger partial charge < -0.3 is 25.3 Å². The third-order valence-corrected chi connectivity index (χ3v) is 2.30. The van der Waals surface area contributed by atoms with Gasteiger partial charge in [-0.15, -0.1) is 0 Å². The van der Waals surface area contributed by atoms with Gasteiger partial charge >= 0.3 is 0 Å². The summed E-state index contributed by atoms with van der Waals surface area (Å²) >= 11 is 2.01. The van der Waals surface area contributed by atoms with Crippen LogP contribution >= 0.6 is 22.6 Å². The molecule has 0 saturated heterocycles. The predicted octanol–water partition coefficient (Wildman–Crippen LogP) is 1.26. The van der Waals surface area contributed by atoms with E-state index in [-0.39, 0.29) is 0 Å². The zero-order valence-corrected chi connectivity index (χ0v) is 11.7. The maximum atomic E-state index is 9.76. The first-order valence-electron chi connectivity index (χ1n) is 5.16. The summed E-state index contributed by atoms with van der Waals surface area (Å²) in [6.07, 6.45) is 1.55. The smallest absolute Gasteiger partial charge is 0.185 e. The van der Waals surface area contributed by atoms with Crippen LogP contribution in [-0.2, 0) is 9.47 Å². The Morgan fingerprint density at radius 2 is 2.00 bits per heavy atom. The summed E-state index contributed by atoms with van der Waals surface area (Å²) in [5.41, 5.74) is 0. The molecule has 0 aliphatic heterocycles. The van der Waals surface area contributed by atoms with Gasteiger partial charge in [-0.05, 0) is 36.4 Å². The molecule has 16 heavy (non-hydrogen) atoms. The summed E-state index contributed by atoms with van der Waals surface area (Å²) < 4.78 is 11.3. The van der Waals surface area contributed by atoms with Crippen molar-refractivity contribution in [2.24, 2.45) is 0 Å². The standard InChI is InChI=1S/C10H19IN2O3/c1-3-15-10(16-4-2)9(14)7-13-6-8(11)5-12/h5-6,9-10,12-14H,3-4,7H2,1-2H3/b8-6+,12-5?. The van der Waals surface area contributed by atoms with E-state index in [0.29, 0.717) is 19.8 Å². The number of allylic oxidation sites excluding steroid dienone is 1. The summed E-state index contributed by atoms with van der Waals surface area (Å²) in [6.45, 7) is 5.02. The lowest BCUT2D eigenvalue weighted by Gasteiger charge is -2.22. The van der Waals surface area contributed by atoms with Gasteiger partial charge in [-0.2, -0.15) is 0 Å². The number of ether oxygens (including phenoxy) is 2. The van der Waals surface area contributed by atoms with Crippen LogP contribution < -0.4 is 5.32 Å². The molecule has 0 amide bonds. The number of aliphatic hydroxyl groups is 1. The Labute approximate surface area is 110 Å². The van der Waals surface area contributed by atoms with Crippen LogP contribution in [0.3, 0.4) is 0 Å². The number of nitrogens with one attached hydrogen (secondary N) is 2. The molecule has 0 aromatic carbocycles. The van der Waals surface area contributed by atoms with Crippen molar-refractivity contribution in [2.45, 2.75) is 26.2 Å². The molecule has 0 spiro atoms. The minimum absolute atomic E-state index is 0.324. The van der Waals surface area contributed by atoms with Gasteiger partial charge in [0.1, 0.15) is 6.10 Å². The molecule has 0 rings (SSSR count). The average molecular weight is 342 g/mol. The normalized spacial score (nSPS) is 13.9. The molecule has 0 bridgehead atoms. The summed E-state index contributed by atoms with van der Waals surface area (Å²) in [4.78, 5) is 0. The van der Waals surface area contributed by atoms with Gasteiger partial charge in [0.05, 0.1) is 0 Å². The zero-order valence-electron chi connectivity index (χ0n) is 9.57. The van der Waals surface area contributed by atoms with Crippen molar-refractivity contribution < 1.29 is 14.6 Å². The Balaban J connectivity index is 3.99. The summed E-state index contributed by atoms with van der Waals surface area (Å²) in [5, 5.41) is 19.6. The van der Waals surface area contributed by atoms with Gasteiger partial charge in [0, 0.05) is 35.8 Å². The van der Waals surface area contributed by atoms with E-state index >= 15 is 0 Å². The van der Waals surface area contributed by atoms with E-state index in [0.717, 1.165) is 3.58 Å². The molecule has 94 valence electrons. The molecule has 5 nitrogen and oxygen atoms in total. The van der Waals surface area contributed by atoms with Gasteiger partial charge in [-0.1, -0.05) is 0 Å². The number of hydrogen-bond donors (Lipinski definition) is 3. The second-order valence-corrected chi connectivity index (χ2v) is 4.17. The Morgan fingerprint density at radius 3 is 2.44 bits per heavy atom. The molecule has 0 aromatic rings. The monoisotopic (exact) mass is 342 g/mol. The quantitative estimate of drug-likeness (QED) is 0.335. The van der Waals surface area contributed by atoms with Crippen molar-refractivity contribution in [1.82, 2.24) is 5.32 Å². The van der Waals surface area contributed by atoms with Crippen molar-refractivity contribution in [3.63, 3.8) is 0 Å². The van der Waals surface area contributed by atoms with Crippen molar-refractivity contribution in [3.05, 3.63) is 9.78 Å². The fraction of sp³-hybridized carbons (Fsp3) is 0.700. The van der Waals surface area contributed by atoms with E-state index in [1.165, 1.54) is 6.21 Å². The average Bonchev–Trinajstić information content (AvgIpc) is 2.28. The van der Waals surface area contributed by atoms with Gasteiger partial charge in [0.15, 0.2) is 6.29 Å². The molecular formula is C10H19IN2O3. The van der Waals surface area contributed by atoms with E-state index in [1.807, 2.05) is 36.4 Å². The van der Waals surface area contributed by atoms with Crippen LogP contribution in [0.4, 0.5) is 0 Å². The molecule has 0 fully saturated rings. The van der Waals surface area contributed by atoms with E-state index in [9.17, 15) is 5.11 Å². The predicted molar refractivity (Wildman–Crippen MR) is 71.9 cm³/mol. The lowest BCUT2D eigenvalue weighted by Crippen LogP contribution is -2.38. The Hall–Kier alpha value is -0.180. The summed E-state index contributed by atoms with van der Waals surface area (Å²) in [6, 6.07) is 0. The minimum Gasteiger partial charge on any atom is -0.387 e. The van der Waals surface area contributed by atoms with Crippen molar-refractivity contribution in [3.8, 4) is 0 Å². The Kier molecular flexibility index (Phi) is 9.89. The van der Waals surface area contributed by atoms with Crippen LogP contribution in [0.5, 0.6) is 0 Å². The molecule has 1 atom stereocenters. The molecule has 0 radical (unpaired) electrons. The van der Waals surface area contributed by atoms with E-state index in [2.05, 4.69) is 5.32 Å². The van der Waals surface area contributed by atoms with Crippen LogP contribution in [0.1, 0.15) is 13.8 Å². The summed E-state index contributed by atoms with van der Waals surface area (Å²) in [5.74, 6) is 0. The van der Waals surface area contributed by atoms with Crippen molar-refractivity contribution >= 4 is 28.8 Å². The zero-order chi connectivity index (χ0) is 12.4. The second kappa shape index (κ2) is 10.0. The fourth-order valence-corrected chi connectivity index (χ4v) is 1.23. The fourth-order valence-electron chi connectivity index (χ4n) is 1.01. The van der Waals surface area contributed by atoms with Gasteiger partial charge in [-0.3, -0.25) is 0 Å². The third kappa shape index (κ3) is 7.15. The lowest BCUT2D eigenvalue weighted by molar-refractivity contribution is -0.187. The Bertz CT molecular complexity index is 218. The largest absolute Gasteiger partial charge is 0.387 e. The highest BCUT2D eigenvalue weighted by Crippen LogP contribution is 2.02. The molecule has 0 aliphatic rings. The first-order valence-corrected chi connectivity index (χ1v) is 6.24.